The Hall–Kier alpha value is -0.900. The minimum absolute atomic E-state index is 0.125. The average molecular weight is 270 g/mol. The summed E-state index contributed by atoms with van der Waals surface area (Å²) in [6, 6.07) is 0. The van der Waals surface area contributed by atoms with Crippen LogP contribution in [0, 0.1) is 5.41 Å². The second-order valence-electron chi connectivity index (χ2n) is 5.66. The lowest BCUT2D eigenvalue weighted by Crippen LogP contribution is -2.52. The van der Waals surface area contributed by atoms with Gasteiger partial charge in [-0.3, -0.25) is 9.59 Å². The molecule has 0 bridgehead atoms. The quantitative estimate of drug-likeness (QED) is 0.550. The fraction of sp³-hybridized carbons (Fsp3) is 0.867. The summed E-state index contributed by atoms with van der Waals surface area (Å²) in [4.78, 5) is 24.8. The highest BCUT2D eigenvalue weighted by Crippen LogP contribution is 2.38. The highest BCUT2D eigenvalue weighted by atomic mass is 16.5. The molecule has 0 N–H and O–H groups in total. The summed E-state index contributed by atoms with van der Waals surface area (Å²) in [6.07, 6.45) is 4.50. The van der Waals surface area contributed by atoms with Crippen molar-refractivity contribution in [1.29, 1.82) is 0 Å². The summed E-state index contributed by atoms with van der Waals surface area (Å²) in [5, 5.41) is 0. The molecule has 0 saturated heterocycles. The van der Waals surface area contributed by atoms with E-state index < -0.39 is 17.0 Å². The molecule has 0 spiro atoms. The van der Waals surface area contributed by atoms with E-state index in [1.165, 1.54) is 0 Å². The lowest BCUT2D eigenvalue weighted by atomic mass is 9.72. The van der Waals surface area contributed by atoms with Crippen LogP contribution in [0.3, 0.4) is 0 Å². The molecule has 4 nitrogen and oxygen atoms in total. The van der Waals surface area contributed by atoms with Crippen LogP contribution in [-0.2, 0) is 19.1 Å². The van der Waals surface area contributed by atoms with Crippen molar-refractivity contribution < 1.29 is 19.1 Å². The molecule has 0 aromatic heterocycles. The molecule has 0 amide bonds. The minimum Gasteiger partial charge on any atom is -0.465 e. The van der Waals surface area contributed by atoms with Crippen molar-refractivity contribution in [3.63, 3.8) is 0 Å². The van der Waals surface area contributed by atoms with Crippen LogP contribution in [0.15, 0.2) is 0 Å². The first-order valence-corrected chi connectivity index (χ1v) is 7.27. The summed E-state index contributed by atoms with van der Waals surface area (Å²) in [6.45, 7) is 7.70. The maximum Gasteiger partial charge on any atom is 0.319 e. The van der Waals surface area contributed by atoms with Crippen LogP contribution in [0.2, 0.25) is 0 Å². The summed E-state index contributed by atoms with van der Waals surface area (Å²) in [7, 11) is 0. The molecule has 0 aromatic rings. The average Bonchev–Trinajstić information content (AvgIpc) is 2.39. The Bertz CT molecular complexity index is 322. The van der Waals surface area contributed by atoms with Crippen molar-refractivity contribution in [2.75, 3.05) is 13.2 Å². The molecule has 0 atom stereocenters. The molecule has 1 saturated carbocycles. The number of Topliss-reactive ketones (excluding diaryl/α,β-unsaturated/α-hetero) is 1. The van der Waals surface area contributed by atoms with Crippen molar-refractivity contribution in [3.8, 4) is 0 Å². The van der Waals surface area contributed by atoms with Crippen LogP contribution in [-0.4, -0.2) is 30.6 Å². The van der Waals surface area contributed by atoms with Gasteiger partial charge in [-0.1, -0.05) is 19.3 Å². The van der Waals surface area contributed by atoms with E-state index in [4.69, 9.17) is 9.47 Å². The van der Waals surface area contributed by atoms with Gasteiger partial charge in [0.25, 0.3) is 0 Å². The molecular formula is C15H26O4. The van der Waals surface area contributed by atoms with Crippen molar-refractivity contribution in [3.05, 3.63) is 0 Å². The third-order valence-corrected chi connectivity index (χ3v) is 3.85. The van der Waals surface area contributed by atoms with Crippen LogP contribution in [0.4, 0.5) is 0 Å². The largest absolute Gasteiger partial charge is 0.465 e. The van der Waals surface area contributed by atoms with Crippen LogP contribution in [0.5, 0.6) is 0 Å². The SMILES string of the molecule is CCOC(=O)C(C)(C)C(=O)C1(OCC)CCCCC1. The Morgan fingerprint density at radius 3 is 2.11 bits per heavy atom. The second-order valence-corrected chi connectivity index (χ2v) is 5.66. The molecule has 110 valence electrons. The third kappa shape index (κ3) is 3.35. The van der Waals surface area contributed by atoms with Crippen LogP contribution >= 0.6 is 0 Å². The fourth-order valence-corrected chi connectivity index (χ4v) is 2.81. The number of hydrogen-bond acceptors (Lipinski definition) is 4. The summed E-state index contributed by atoms with van der Waals surface area (Å²) >= 11 is 0. The van der Waals surface area contributed by atoms with E-state index >= 15 is 0 Å². The third-order valence-electron chi connectivity index (χ3n) is 3.85. The Morgan fingerprint density at radius 1 is 1.05 bits per heavy atom. The predicted octanol–water partition coefficient (Wildman–Crippen LogP) is 2.88. The molecule has 1 aliphatic rings. The Labute approximate surface area is 115 Å². The Morgan fingerprint density at radius 2 is 1.63 bits per heavy atom. The van der Waals surface area contributed by atoms with Gasteiger partial charge >= 0.3 is 5.97 Å². The number of rotatable bonds is 6. The van der Waals surface area contributed by atoms with Gasteiger partial charge in [0.2, 0.25) is 0 Å². The Balaban J connectivity index is 2.95. The van der Waals surface area contributed by atoms with Gasteiger partial charge in [-0.2, -0.15) is 0 Å². The van der Waals surface area contributed by atoms with Crippen molar-refractivity contribution in [2.45, 2.75) is 65.4 Å². The van der Waals surface area contributed by atoms with E-state index in [-0.39, 0.29) is 12.4 Å². The molecule has 0 unspecified atom stereocenters. The number of esters is 1. The van der Waals surface area contributed by atoms with Gasteiger partial charge in [0.1, 0.15) is 11.0 Å². The molecule has 1 fully saturated rings. The summed E-state index contributed by atoms with van der Waals surface area (Å²) < 4.78 is 10.8. The highest BCUT2D eigenvalue weighted by molar-refractivity contribution is 6.07. The number of carbonyl (C=O) groups excluding carboxylic acids is 2. The van der Waals surface area contributed by atoms with Gasteiger partial charge in [-0.15, -0.1) is 0 Å². The van der Waals surface area contributed by atoms with Gasteiger partial charge in [-0.25, -0.2) is 0 Å². The topological polar surface area (TPSA) is 52.6 Å². The van der Waals surface area contributed by atoms with Crippen LogP contribution in [0.25, 0.3) is 0 Å². The number of ether oxygens (including phenoxy) is 2. The van der Waals surface area contributed by atoms with Crippen LogP contribution in [0.1, 0.15) is 59.8 Å². The van der Waals surface area contributed by atoms with E-state index in [0.29, 0.717) is 19.4 Å². The minimum atomic E-state index is -1.14. The fourth-order valence-electron chi connectivity index (χ4n) is 2.81. The number of ketones is 1. The van der Waals surface area contributed by atoms with Gasteiger partial charge in [0.15, 0.2) is 5.78 Å². The molecule has 1 aliphatic carbocycles. The zero-order valence-electron chi connectivity index (χ0n) is 12.6. The molecule has 19 heavy (non-hydrogen) atoms. The number of hydrogen-bond donors (Lipinski definition) is 0. The molecule has 4 heteroatoms. The van der Waals surface area contributed by atoms with Gasteiger partial charge in [0.05, 0.1) is 6.61 Å². The zero-order chi connectivity index (χ0) is 14.5. The summed E-state index contributed by atoms with van der Waals surface area (Å²) in [5.41, 5.74) is -1.92. The van der Waals surface area contributed by atoms with E-state index in [1.807, 2.05) is 6.92 Å². The maximum atomic E-state index is 12.8. The van der Waals surface area contributed by atoms with E-state index in [1.54, 1.807) is 20.8 Å². The second kappa shape index (κ2) is 6.51. The Kier molecular flexibility index (Phi) is 5.53. The van der Waals surface area contributed by atoms with E-state index in [0.717, 1.165) is 19.3 Å². The maximum absolute atomic E-state index is 12.8. The first kappa shape index (κ1) is 16.2. The lowest BCUT2D eigenvalue weighted by Gasteiger charge is -2.39. The molecule has 0 heterocycles. The summed E-state index contributed by atoms with van der Waals surface area (Å²) in [5.74, 6) is -0.579. The first-order valence-electron chi connectivity index (χ1n) is 7.27. The predicted molar refractivity (Wildman–Crippen MR) is 72.9 cm³/mol. The highest BCUT2D eigenvalue weighted by Gasteiger charge is 2.50. The molecule has 0 aromatic carbocycles. The molecule has 0 aliphatic heterocycles. The lowest BCUT2D eigenvalue weighted by molar-refractivity contribution is -0.171. The van der Waals surface area contributed by atoms with E-state index in [9.17, 15) is 9.59 Å². The van der Waals surface area contributed by atoms with Crippen molar-refractivity contribution in [2.24, 2.45) is 5.41 Å². The number of carbonyl (C=O) groups is 2. The first-order chi connectivity index (χ1) is 8.90. The standard InChI is InChI=1S/C15H26O4/c1-5-18-13(17)14(3,4)12(16)15(19-6-2)10-8-7-9-11-15/h5-11H2,1-4H3. The van der Waals surface area contributed by atoms with Gasteiger partial charge in [-0.05, 0) is 40.5 Å². The molecule has 1 rings (SSSR count). The van der Waals surface area contributed by atoms with E-state index in [2.05, 4.69) is 0 Å². The molecule has 0 radical (unpaired) electrons. The van der Waals surface area contributed by atoms with Crippen LogP contribution < -0.4 is 0 Å². The normalized spacial score (nSPS) is 18.9. The zero-order valence-corrected chi connectivity index (χ0v) is 12.6. The smallest absolute Gasteiger partial charge is 0.319 e. The molecular weight excluding hydrogens is 244 g/mol. The monoisotopic (exact) mass is 270 g/mol. The van der Waals surface area contributed by atoms with Gasteiger partial charge < -0.3 is 9.47 Å². The van der Waals surface area contributed by atoms with Crippen molar-refractivity contribution in [1.82, 2.24) is 0 Å². The van der Waals surface area contributed by atoms with Crippen molar-refractivity contribution >= 4 is 11.8 Å². The van der Waals surface area contributed by atoms with Gasteiger partial charge in [0, 0.05) is 6.61 Å².